The molecule has 4 N–H and O–H groups in total. The van der Waals surface area contributed by atoms with E-state index in [0.29, 0.717) is 0 Å². The normalized spacial score (nSPS) is 18.7. The minimum atomic E-state index is -3.14. The fraction of sp³-hybridized carbons (Fsp3) is 0.750. The second-order valence-corrected chi connectivity index (χ2v) is 6.07. The van der Waals surface area contributed by atoms with E-state index in [9.17, 15) is 14.2 Å². The lowest BCUT2D eigenvalue weighted by molar-refractivity contribution is -0.122. The summed E-state index contributed by atoms with van der Waals surface area (Å²) in [5.41, 5.74) is 5.45. The summed E-state index contributed by atoms with van der Waals surface area (Å²) >= 11 is 0. The maximum Gasteiger partial charge on any atom is 0.237 e. The Kier molecular flexibility index (Phi) is 5.72. The van der Waals surface area contributed by atoms with Gasteiger partial charge >= 0.3 is 0 Å². The first-order valence-electron chi connectivity index (χ1n) is 4.49. The molecule has 3 atom stereocenters. The van der Waals surface area contributed by atoms with Gasteiger partial charge in [-0.3, -0.25) is 14.2 Å². The molecule has 0 spiro atoms. The van der Waals surface area contributed by atoms with Crippen LogP contribution in [0.4, 0.5) is 0 Å². The predicted molar refractivity (Wildman–Crippen MR) is 56.5 cm³/mol. The molecule has 15 heavy (non-hydrogen) atoms. The number of nitrogens with two attached hydrogens (primary N) is 1. The molecule has 0 fully saturated rings. The van der Waals surface area contributed by atoms with E-state index in [4.69, 9.17) is 10.6 Å². The van der Waals surface area contributed by atoms with Crippen LogP contribution in [0.1, 0.15) is 13.3 Å². The SMILES string of the molecule is C[C@@H]([C]=O)NC(=O)C(N)CCP(C)(=O)O. The highest BCUT2D eigenvalue weighted by Crippen LogP contribution is 2.35. The van der Waals surface area contributed by atoms with Gasteiger partial charge in [-0.2, -0.15) is 0 Å². The molecule has 0 aromatic rings. The zero-order valence-electron chi connectivity index (χ0n) is 8.77. The van der Waals surface area contributed by atoms with Crippen LogP contribution in [-0.2, 0) is 14.2 Å². The molecule has 0 bridgehead atoms. The Morgan fingerprint density at radius 3 is 2.60 bits per heavy atom. The third kappa shape index (κ3) is 7.25. The molecule has 0 aromatic heterocycles. The first kappa shape index (κ1) is 14.3. The lowest BCUT2D eigenvalue weighted by atomic mass is 10.2. The summed E-state index contributed by atoms with van der Waals surface area (Å²) in [6.45, 7) is 2.67. The van der Waals surface area contributed by atoms with Gasteiger partial charge in [0.25, 0.3) is 0 Å². The summed E-state index contributed by atoms with van der Waals surface area (Å²) in [6.07, 6.45) is 1.68. The van der Waals surface area contributed by atoms with Crippen LogP contribution < -0.4 is 11.1 Å². The van der Waals surface area contributed by atoms with Crippen LogP contribution in [-0.4, -0.2) is 42.0 Å². The minimum Gasteiger partial charge on any atom is -0.345 e. The number of nitrogens with one attached hydrogen (secondary N) is 1. The van der Waals surface area contributed by atoms with Crippen molar-refractivity contribution in [2.45, 2.75) is 25.4 Å². The molecule has 87 valence electrons. The summed E-state index contributed by atoms with van der Waals surface area (Å²) in [4.78, 5) is 30.3. The van der Waals surface area contributed by atoms with Crippen molar-refractivity contribution in [1.29, 1.82) is 0 Å². The average molecular weight is 235 g/mol. The summed E-state index contributed by atoms with van der Waals surface area (Å²) in [7, 11) is -3.14. The van der Waals surface area contributed by atoms with Gasteiger partial charge < -0.3 is 15.9 Å². The Balaban J connectivity index is 4.00. The third-order valence-corrected chi connectivity index (χ3v) is 2.82. The molecule has 0 aliphatic carbocycles. The number of carbonyl (C=O) groups excluding carboxylic acids is 2. The van der Waals surface area contributed by atoms with Gasteiger partial charge in [-0.15, -0.1) is 0 Å². The zero-order valence-corrected chi connectivity index (χ0v) is 9.66. The fourth-order valence-electron chi connectivity index (χ4n) is 0.860. The van der Waals surface area contributed by atoms with Crippen molar-refractivity contribution in [3.63, 3.8) is 0 Å². The lowest BCUT2D eigenvalue weighted by Crippen LogP contribution is -2.45. The van der Waals surface area contributed by atoms with E-state index in [1.807, 2.05) is 0 Å². The van der Waals surface area contributed by atoms with Crippen molar-refractivity contribution >= 4 is 19.6 Å². The molecule has 0 aromatic carbocycles. The maximum absolute atomic E-state index is 11.2. The quantitative estimate of drug-likeness (QED) is 0.523. The molecular weight excluding hydrogens is 219 g/mol. The van der Waals surface area contributed by atoms with Crippen molar-refractivity contribution in [2.24, 2.45) is 5.73 Å². The molecule has 2 unspecified atom stereocenters. The maximum atomic E-state index is 11.2. The average Bonchev–Trinajstić information content (AvgIpc) is 2.12. The zero-order chi connectivity index (χ0) is 12.1. The number of hydrogen-bond acceptors (Lipinski definition) is 4. The summed E-state index contributed by atoms with van der Waals surface area (Å²) < 4.78 is 10.9. The van der Waals surface area contributed by atoms with Crippen LogP contribution in [0.5, 0.6) is 0 Å². The van der Waals surface area contributed by atoms with Gasteiger partial charge in [-0.1, -0.05) is 0 Å². The van der Waals surface area contributed by atoms with E-state index < -0.39 is 25.4 Å². The van der Waals surface area contributed by atoms with Gasteiger partial charge in [0.15, 0.2) is 7.37 Å². The molecule has 1 radical (unpaired) electrons. The van der Waals surface area contributed by atoms with Gasteiger partial charge in [0.05, 0.1) is 12.1 Å². The Hall–Kier alpha value is -0.710. The van der Waals surface area contributed by atoms with Crippen LogP contribution in [0.2, 0.25) is 0 Å². The van der Waals surface area contributed by atoms with Crippen LogP contribution in [0.25, 0.3) is 0 Å². The molecular formula is C8H16N2O4P. The number of carbonyl (C=O) groups is 1. The molecule has 7 heteroatoms. The molecule has 1 amide bonds. The standard InChI is InChI=1S/C8H16N2O4P/c1-6(5-11)10-8(12)7(9)3-4-15(2,13)14/h6-7H,3-4,9H2,1-2H3,(H,10,12)(H,13,14)/t6-,7?/m0/s1. The highest BCUT2D eigenvalue weighted by atomic mass is 31.2. The summed E-state index contributed by atoms with van der Waals surface area (Å²) in [6, 6.07) is -1.59. The van der Waals surface area contributed by atoms with Gasteiger partial charge in [0.2, 0.25) is 12.2 Å². The monoisotopic (exact) mass is 235 g/mol. The number of hydrogen-bond donors (Lipinski definition) is 3. The van der Waals surface area contributed by atoms with Gasteiger partial charge in [0, 0.05) is 12.8 Å². The van der Waals surface area contributed by atoms with Gasteiger partial charge in [-0.05, 0) is 13.3 Å². The van der Waals surface area contributed by atoms with Gasteiger partial charge in [-0.25, -0.2) is 0 Å². The van der Waals surface area contributed by atoms with E-state index in [0.717, 1.165) is 0 Å². The van der Waals surface area contributed by atoms with Crippen LogP contribution in [0, 0.1) is 0 Å². The molecule has 0 saturated carbocycles. The fourth-order valence-corrected chi connectivity index (χ4v) is 1.62. The van der Waals surface area contributed by atoms with Crippen LogP contribution in [0.15, 0.2) is 0 Å². The van der Waals surface area contributed by atoms with Crippen molar-refractivity contribution in [3.05, 3.63) is 0 Å². The number of rotatable bonds is 6. The van der Waals surface area contributed by atoms with Crippen molar-refractivity contribution < 1.29 is 19.0 Å². The first-order chi connectivity index (χ1) is 6.76. The Morgan fingerprint density at radius 1 is 1.67 bits per heavy atom. The second-order valence-electron chi connectivity index (χ2n) is 3.52. The van der Waals surface area contributed by atoms with Crippen molar-refractivity contribution in [3.8, 4) is 0 Å². The van der Waals surface area contributed by atoms with Crippen molar-refractivity contribution in [1.82, 2.24) is 5.32 Å². The second kappa shape index (κ2) is 6.00. The predicted octanol–water partition coefficient (Wildman–Crippen LogP) is -0.782. The van der Waals surface area contributed by atoms with Crippen LogP contribution >= 0.6 is 7.37 Å². The lowest BCUT2D eigenvalue weighted by Gasteiger charge is -2.14. The van der Waals surface area contributed by atoms with E-state index in [1.54, 1.807) is 6.29 Å². The highest BCUT2D eigenvalue weighted by molar-refractivity contribution is 7.57. The Bertz CT molecular complexity index is 276. The molecule has 0 aliphatic heterocycles. The van der Waals surface area contributed by atoms with Crippen LogP contribution in [0.3, 0.4) is 0 Å². The summed E-state index contributed by atoms with van der Waals surface area (Å²) in [5, 5.41) is 2.31. The molecule has 0 aliphatic rings. The molecule has 0 heterocycles. The topological polar surface area (TPSA) is 109 Å². The van der Waals surface area contributed by atoms with E-state index in [2.05, 4.69) is 5.32 Å². The Labute approximate surface area is 88.7 Å². The van der Waals surface area contributed by atoms with E-state index in [1.165, 1.54) is 13.6 Å². The summed E-state index contributed by atoms with van der Waals surface area (Å²) in [5.74, 6) is -0.515. The molecule has 6 nitrogen and oxygen atoms in total. The Morgan fingerprint density at radius 2 is 2.20 bits per heavy atom. The van der Waals surface area contributed by atoms with Crippen molar-refractivity contribution in [2.75, 3.05) is 12.8 Å². The molecule has 0 saturated heterocycles. The van der Waals surface area contributed by atoms with E-state index >= 15 is 0 Å². The first-order valence-corrected chi connectivity index (χ1v) is 6.78. The third-order valence-electron chi connectivity index (χ3n) is 1.73. The minimum absolute atomic E-state index is 0.0131. The molecule has 0 rings (SSSR count). The van der Waals surface area contributed by atoms with E-state index in [-0.39, 0.29) is 12.6 Å². The largest absolute Gasteiger partial charge is 0.345 e. The highest BCUT2D eigenvalue weighted by Gasteiger charge is 2.19. The van der Waals surface area contributed by atoms with Gasteiger partial charge in [0.1, 0.15) is 0 Å². The smallest absolute Gasteiger partial charge is 0.237 e. The number of amides is 1.